The maximum absolute atomic E-state index is 9.82. The van der Waals surface area contributed by atoms with Crippen LogP contribution in [0.25, 0.3) is 11.0 Å². The predicted octanol–water partition coefficient (Wildman–Crippen LogP) is 1.17. The molecule has 1 heterocycles. The average molecular weight is 220 g/mol. The third-order valence-electron chi connectivity index (χ3n) is 2.71. The van der Waals surface area contributed by atoms with Crippen molar-refractivity contribution in [2.24, 2.45) is 0 Å². The highest BCUT2D eigenvalue weighted by atomic mass is 16.3. The van der Waals surface area contributed by atoms with Gasteiger partial charge in [0.25, 0.3) is 0 Å². The number of benzene rings is 1. The molecule has 1 unspecified atom stereocenters. The van der Waals surface area contributed by atoms with Gasteiger partial charge in [0.05, 0.1) is 29.5 Å². The molecule has 0 aliphatic heterocycles. The van der Waals surface area contributed by atoms with Gasteiger partial charge in [0.1, 0.15) is 6.10 Å². The first-order chi connectivity index (χ1) is 7.48. The Labute approximate surface area is 94.2 Å². The highest BCUT2D eigenvalue weighted by Crippen LogP contribution is 2.16. The fourth-order valence-electron chi connectivity index (χ4n) is 1.57. The smallest absolute Gasteiger partial charge is 0.100 e. The molecule has 0 saturated heterocycles. The number of hydrogen-bond donors (Lipinski definition) is 2. The van der Waals surface area contributed by atoms with Crippen LogP contribution in [0.4, 0.5) is 0 Å². The van der Waals surface area contributed by atoms with E-state index in [0.29, 0.717) is 6.54 Å². The predicted molar refractivity (Wildman–Crippen MR) is 62.0 cm³/mol. The first kappa shape index (κ1) is 11.1. The zero-order valence-corrected chi connectivity index (χ0v) is 9.46. The minimum Gasteiger partial charge on any atom is -0.388 e. The molecule has 0 fully saturated rings. The quantitative estimate of drug-likeness (QED) is 0.816. The van der Waals surface area contributed by atoms with E-state index in [1.807, 2.05) is 28.8 Å². The number of imidazole rings is 1. The zero-order chi connectivity index (χ0) is 11.8. The molecule has 0 aliphatic carbocycles. The van der Waals surface area contributed by atoms with Gasteiger partial charge in [-0.15, -0.1) is 0 Å². The molecular weight excluding hydrogens is 204 g/mol. The summed E-state index contributed by atoms with van der Waals surface area (Å²) >= 11 is 0. The molecule has 2 rings (SSSR count). The number of hydrogen-bond acceptors (Lipinski definition) is 3. The van der Waals surface area contributed by atoms with Gasteiger partial charge in [0.15, 0.2) is 0 Å². The van der Waals surface area contributed by atoms with Crippen LogP contribution in [0.15, 0.2) is 30.6 Å². The van der Waals surface area contributed by atoms with E-state index in [-0.39, 0.29) is 0 Å². The Morgan fingerprint density at radius 2 is 2.06 bits per heavy atom. The molecule has 0 radical (unpaired) electrons. The summed E-state index contributed by atoms with van der Waals surface area (Å²) in [6.07, 6.45) is 0.865. The van der Waals surface area contributed by atoms with E-state index >= 15 is 0 Å². The van der Waals surface area contributed by atoms with Crippen molar-refractivity contribution in [3.05, 3.63) is 30.6 Å². The van der Waals surface area contributed by atoms with Crippen LogP contribution in [0.5, 0.6) is 0 Å². The fraction of sp³-hybridized carbons (Fsp3) is 0.417. The first-order valence-corrected chi connectivity index (χ1v) is 5.29. The Morgan fingerprint density at radius 1 is 1.38 bits per heavy atom. The molecule has 0 spiro atoms. The van der Waals surface area contributed by atoms with Crippen molar-refractivity contribution in [1.29, 1.82) is 0 Å². The molecule has 1 aromatic carbocycles. The molecular formula is C12H16N2O2. The Balaban J connectivity index is 2.28. The summed E-state index contributed by atoms with van der Waals surface area (Å²) in [7, 11) is 0. The van der Waals surface area contributed by atoms with Crippen molar-refractivity contribution in [3.63, 3.8) is 0 Å². The van der Waals surface area contributed by atoms with Crippen molar-refractivity contribution < 1.29 is 10.2 Å². The molecule has 4 nitrogen and oxygen atoms in total. The molecule has 0 aliphatic rings. The van der Waals surface area contributed by atoms with Gasteiger partial charge in [-0.25, -0.2) is 4.98 Å². The summed E-state index contributed by atoms with van der Waals surface area (Å²) in [6.45, 7) is 3.53. The largest absolute Gasteiger partial charge is 0.388 e. The molecule has 0 saturated carbocycles. The minimum atomic E-state index is -1.11. The maximum atomic E-state index is 9.82. The summed E-state index contributed by atoms with van der Waals surface area (Å²) in [5, 5.41) is 19.5. The van der Waals surface area contributed by atoms with Gasteiger partial charge >= 0.3 is 0 Å². The summed E-state index contributed by atoms with van der Waals surface area (Å²) in [4.78, 5) is 4.22. The Kier molecular flexibility index (Phi) is 2.69. The Morgan fingerprint density at radius 3 is 2.75 bits per heavy atom. The lowest BCUT2D eigenvalue weighted by molar-refractivity contribution is -0.0547. The topological polar surface area (TPSA) is 58.3 Å². The van der Waals surface area contributed by atoms with Crippen LogP contribution >= 0.6 is 0 Å². The van der Waals surface area contributed by atoms with E-state index in [2.05, 4.69) is 4.98 Å². The van der Waals surface area contributed by atoms with Crippen LogP contribution in [0.1, 0.15) is 13.8 Å². The monoisotopic (exact) mass is 220 g/mol. The lowest BCUT2D eigenvalue weighted by atomic mass is 10.0. The second-order valence-corrected chi connectivity index (χ2v) is 4.56. The second kappa shape index (κ2) is 3.88. The minimum absolute atomic E-state index is 0.337. The molecule has 86 valence electrons. The number of para-hydroxylation sites is 2. The van der Waals surface area contributed by atoms with Crippen LogP contribution in [0.2, 0.25) is 0 Å². The lowest BCUT2D eigenvalue weighted by Crippen LogP contribution is -2.38. The van der Waals surface area contributed by atoms with Crippen molar-refractivity contribution in [1.82, 2.24) is 9.55 Å². The highest BCUT2D eigenvalue weighted by molar-refractivity contribution is 5.74. The van der Waals surface area contributed by atoms with Crippen molar-refractivity contribution in [2.45, 2.75) is 32.1 Å². The average Bonchev–Trinajstić information content (AvgIpc) is 2.61. The molecule has 2 aromatic rings. The number of rotatable bonds is 3. The van der Waals surface area contributed by atoms with E-state index < -0.39 is 11.7 Å². The zero-order valence-electron chi connectivity index (χ0n) is 9.46. The molecule has 4 heteroatoms. The summed E-state index contributed by atoms with van der Waals surface area (Å²) in [5.41, 5.74) is 0.752. The van der Waals surface area contributed by atoms with E-state index in [1.54, 1.807) is 20.2 Å². The lowest BCUT2D eigenvalue weighted by Gasteiger charge is -2.24. The second-order valence-electron chi connectivity index (χ2n) is 4.56. The SMILES string of the molecule is CC(C)(O)C(O)Cn1cnc2ccccc21. The van der Waals surface area contributed by atoms with Gasteiger partial charge in [-0.3, -0.25) is 0 Å². The normalized spacial score (nSPS) is 14.2. The summed E-state index contributed by atoms with van der Waals surface area (Å²) < 4.78 is 1.85. The Bertz CT molecular complexity index is 485. The van der Waals surface area contributed by atoms with E-state index in [0.717, 1.165) is 11.0 Å². The third kappa shape index (κ3) is 2.08. The van der Waals surface area contributed by atoms with Gasteiger partial charge in [-0.1, -0.05) is 12.1 Å². The van der Waals surface area contributed by atoms with Crippen molar-refractivity contribution >= 4 is 11.0 Å². The standard InChI is InChI=1S/C12H16N2O2/c1-12(2,16)11(15)7-14-8-13-9-5-3-4-6-10(9)14/h3-6,8,11,15-16H,7H2,1-2H3. The van der Waals surface area contributed by atoms with Crippen LogP contribution in [0.3, 0.4) is 0 Å². The first-order valence-electron chi connectivity index (χ1n) is 5.29. The third-order valence-corrected chi connectivity index (χ3v) is 2.71. The molecule has 16 heavy (non-hydrogen) atoms. The molecule has 2 N–H and O–H groups in total. The highest BCUT2D eigenvalue weighted by Gasteiger charge is 2.25. The van der Waals surface area contributed by atoms with Gasteiger partial charge in [-0.2, -0.15) is 0 Å². The number of aliphatic hydroxyl groups excluding tert-OH is 1. The van der Waals surface area contributed by atoms with E-state index in [1.165, 1.54) is 0 Å². The summed E-state index contributed by atoms with van der Waals surface area (Å²) in [5.74, 6) is 0. The molecule has 0 bridgehead atoms. The van der Waals surface area contributed by atoms with Crippen LogP contribution < -0.4 is 0 Å². The van der Waals surface area contributed by atoms with Crippen molar-refractivity contribution in [2.75, 3.05) is 0 Å². The van der Waals surface area contributed by atoms with Gasteiger partial charge in [0.2, 0.25) is 0 Å². The van der Waals surface area contributed by atoms with Gasteiger partial charge < -0.3 is 14.8 Å². The van der Waals surface area contributed by atoms with Crippen LogP contribution in [-0.2, 0) is 6.54 Å². The molecule has 1 atom stereocenters. The van der Waals surface area contributed by atoms with Gasteiger partial charge in [0, 0.05) is 0 Å². The Hall–Kier alpha value is -1.39. The van der Waals surface area contributed by atoms with E-state index in [9.17, 15) is 10.2 Å². The van der Waals surface area contributed by atoms with Crippen LogP contribution in [0, 0.1) is 0 Å². The fourth-order valence-corrected chi connectivity index (χ4v) is 1.57. The van der Waals surface area contributed by atoms with Gasteiger partial charge in [-0.05, 0) is 26.0 Å². The van der Waals surface area contributed by atoms with Crippen LogP contribution in [-0.4, -0.2) is 31.5 Å². The molecule has 0 amide bonds. The maximum Gasteiger partial charge on any atom is 0.100 e. The number of fused-ring (bicyclic) bond motifs is 1. The van der Waals surface area contributed by atoms with Crippen molar-refractivity contribution in [3.8, 4) is 0 Å². The van der Waals surface area contributed by atoms with E-state index in [4.69, 9.17) is 0 Å². The number of aliphatic hydroxyl groups is 2. The summed E-state index contributed by atoms with van der Waals surface area (Å²) in [6, 6.07) is 7.71. The number of aromatic nitrogens is 2. The molecule has 1 aromatic heterocycles. The number of nitrogens with zero attached hydrogens (tertiary/aromatic N) is 2.